The van der Waals surface area contributed by atoms with Gasteiger partial charge in [-0.2, -0.15) is 5.26 Å². The standard InChI is InChI=1S/C17H17N3O3S/c1-9-12(8-18)16(20-15(19-9)11-4-5-11)24-10(2)13-6-7-14(23-13)17(21)22-3/h6-7,10-11H,4-5H2,1-3H3/t10-/m1/s1. The molecule has 0 saturated heterocycles. The van der Waals surface area contributed by atoms with Crippen LogP contribution in [-0.4, -0.2) is 23.0 Å². The van der Waals surface area contributed by atoms with E-state index in [-0.39, 0.29) is 11.0 Å². The van der Waals surface area contributed by atoms with Crippen molar-refractivity contribution in [3.63, 3.8) is 0 Å². The zero-order chi connectivity index (χ0) is 17.3. The first kappa shape index (κ1) is 16.5. The van der Waals surface area contributed by atoms with Crippen LogP contribution >= 0.6 is 11.8 Å². The Hall–Kier alpha value is -2.33. The maximum atomic E-state index is 11.5. The number of nitrogens with zero attached hydrogens (tertiary/aromatic N) is 3. The van der Waals surface area contributed by atoms with Crippen LogP contribution in [0.15, 0.2) is 21.6 Å². The summed E-state index contributed by atoms with van der Waals surface area (Å²) in [6.45, 7) is 3.78. The Bertz CT molecular complexity index is 821. The van der Waals surface area contributed by atoms with Gasteiger partial charge in [-0.15, -0.1) is 0 Å². The average Bonchev–Trinajstić information content (AvgIpc) is 3.30. The first-order valence-electron chi connectivity index (χ1n) is 7.66. The molecule has 2 aromatic heterocycles. The lowest BCUT2D eigenvalue weighted by Crippen LogP contribution is -2.02. The lowest BCUT2D eigenvalue weighted by atomic mass is 10.2. The fraction of sp³-hybridized carbons (Fsp3) is 0.412. The number of aryl methyl sites for hydroxylation is 1. The molecular weight excluding hydrogens is 326 g/mol. The van der Waals surface area contributed by atoms with Crippen LogP contribution in [0.4, 0.5) is 0 Å². The van der Waals surface area contributed by atoms with Crippen molar-refractivity contribution in [1.82, 2.24) is 9.97 Å². The number of aromatic nitrogens is 2. The minimum absolute atomic E-state index is 0.100. The number of furan rings is 1. The maximum Gasteiger partial charge on any atom is 0.373 e. The van der Waals surface area contributed by atoms with Gasteiger partial charge < -0.3 is 9.15 Å². The zero-order valence-corrected chi connectivity index (χ0v) is 14.5. The fourth-order valence-corrected chi connectivity index (χ4v) is 3.35. The number of ether oxygens (including phenoxy) is 1. The smallest absolute Gasteiger partial charge is 0.373 e. The molecule has 0 bridgehead atoms. The van der Waals surface area contributed by atoms with Gasteiger partial charge in [0.15, 0.2) is 0 Å². The molecule has 1 aliphatic rings. The molecule has 1 atom stereocenters. The highest BCUT2D eigenvalue weighted by Crippen LogP contribution is 2.41. The molecule has 2 aromatic rings. The summed E-state index contributed by atoms with van der Waals surface area (Å²) < 4.78 is 10.2. The minimum Gasteiger partial charge on any atom is -0.463 e. The summed E-state index contributed by atoms with van der Waals surface area (Å²) in [4.78, 5) is 20.5. The third-order valence-electron chi connectivity index (χ3n) is 3.83. The lowest BCUT2D eigenvalue weighted by molar-refractivity contribution is 0.0563. The van der Waals surface area contributed by atoms with E-state index in [1.54, 1.807) is 12.1 Å². The van der Waals surface area contributed by atoms with Crippen LogP contribution in [0.2, 0.25) is 0 Å². The highest BCUT2D eigenvalue weighted by Gasteiger charge is 2.29. The van der Waals surface area contributed by atoms with Gasteiger partial charge in [-0.25, -0.2) is 14.8 Å². The van der Waals surface area contributed by atoms with Crippen molar-refractivity contribution in [1.29, 1.82) is 5.26 Å². The van der Waals surface area contributed by atoms with Gasteiger partial charge in [-0.3, -0.25) is 0 Å². The number of hydrogen-bond donors (Lipinski definition) is 0. The summed E-state index contributed by atoms with van der Waals surface area (Å²) in [5.41, 5.74) is 1.20. The molecule has 124 valence electrons. The Morgan fingerprint density at radius 1 is 1.46 bits per heavy atom. The molecule has 0 aromatic carbocycles. The largest absolute Gasteiger partial charge is 0.463 e. The van der Waals surface area contributed by atoms with E-state index in [9.17, 15) is 10.1 Å². The number of rotatable bonds is 5. The summed E-state index contributed by atoms with van der Waals surface area (Å²) >= 11 is 1.43. The molecule has 1 fully saturated rings. The Kier molecular flexibility index (Phi) is 4.58. The van der Waals surface area contributed by atoms with Crippen LogP contribution in [0.5, 0.6) is 0 Å². The Morgan fingerprint density at radius 2 is 2.21 bits per heavy atom. The van der Waals surface area contributed by atoms with Crippen molar-refractivity contribution in [3.8, 4) is 6.07 Å². The normalized spacial score (nSPS) is 14.9. The number of carbonyl (C=O) groups excluding carboxylic acids is 1. The highest BCUT2D eigenvalue weighted by atomic mass is 32.2. The van der Waals surface area contributed by atoms with Crippen LogP contribution in [0.25, 0.3) is 0 Å². The summed E-state index contributed by atoms with van der Waals surface area (Å²) in [5.74, 6) is 1.52. The minimum atomic E-state index is -0.509. The summed E-state index contributed by atoms with van der Waals surface area (Å²) in [6, 6.07) is 5.52. The van der Waals surface area contributed by atoms with Gasteiger partial charge in [0.05, 0.1) is 18.1 Å². The molecule has 2 heterocycles. The van der Waals surface area contributed by atoms with E-state index in [1.165, 1.54) is 18.9 Å². The van der Waals surface area contributed by atoms with E-state index < -0.39 is 5.97 Å². The zero-order valence-electron chi connectivity index (χ0n) is 13.7. The van der Waals surface area contributed by atoms with Gasteiger partial charge in [0, 0.05) is 5.92 Å². The number of methoxy groups -OCH3 is 1. The second-order valence-corrected chi connectivity index (χ2v) is 7.02. The first-order valence-corrected chi connectivity index (χ1v) is 8.54. The van der Waals surface area contributed by atoms with Crippen LogP contribution < -0.4 is 0 Å². The predicted molar refractivity (Wildman–Crippen MR) is 87.8 cm³/mol. The van der Waals surface area contributed by atoms with Crippen LogP contribution in [0.1, 0.15) is 64.3 Å². The van der Waals surface area contributed by atoms with Crippen molar-refractivity contribution in [2.75, 3.05) is 7.11 Å². The molecule has 0 unspecified atom stereocenters. The average molecular weight is 343 g/mol. The number of carbonyl (C=O) groups is 1. The monoisotopic (exact) mass is 343 g/mol. The van der Waals surface area contributed by atoms with Crippen LogP contribution in [-0.2, 0) is 4.74 Å². The third-order valence-corrected chi connectivity index (χ3v) is 4.94. The second kappa shape index (κ2) is 6.65. The van der Waals surface area contributed by atoms with Crippen molar-refractivity contribution < 1.29 is 13.9 Å². The molecule has 0 radical (unpaired) electrons. The molecule has 0 spiro atoms. The van der Waals surface area contributed by atoms with Crippen molar-refractivity contribution in [2.24, 2.45) is 0 Å². The van der Waals surface area contributed by atoms with Gasteiger partial charge in [-0.05, 0) is 38.8 Å². The Morgan fingerprint density at radius 3 is 2.83 bits per heavy atom. The van der Waals surface area contributed by atoms with E-state index in [2.05, 4.69) is 20.8 Å². The Balaban J connectivity index is 1.85. The SMILES string of the molecule is COC(=O)c1ccc([C@@H](C)Sc2nc(C3CC3)nc(C)c2C#N)o1. The van der Waals surface area contributed by atoms with Gasteiger partial charge in [0.2, 0.25) is 5.76 Å². The molecule has 0 aliphatic heterocycles. The molecule has 0 amide bonds. The number of nitriles is 1. The number of hydrogen-bond acceptors (Lipinski definition) is 7. The van der Waals surface area contributed by atoms with Gasteiger partial charge in [0.25, 0.3) is 0 Å². The topological polar surface area (TPSA) is 89.0 Å². The lowest BCUT2D eigenvalue weighted by Gasteiger charge is -2.11. The van der Waals surface area contributed by atoms with Gasteiger partial charge >= 0.3 is 5.97 Å². The molecule has 3 rings (SSSR count). The molecule has 1 saturated carbocycles. The van der Waals surface area contributed by atoms with Gasteiger partial charge in [-0.1, -0.05) is 11.8 Å². The predicted octanol–water partition coefficient (Wildman–Crippen LogP) is 3.77. The summed E-state index contributed by atoms with van der Waals surface area (Å²) in [5, 5.41) is 9.97. The highest BCUT2D eigenvalue weighted by molar-refractivity contribution is 7.99. The maximum absolute atomic E-state index is 11.5. The van der Waals surface area contributed by atoms with Crippen molar-refractivity contribution in [2.45, 2.75) is 42.9 Å². The molecule has 6 nitrogen and oxygen atoms in total. The van der Waals surface area contributed by atoms with E-state index in [4.69, 9.17) is 4.42 Å². The van der Waals surface area contributed by atoms with E-state index >= 15 is 0 Å². The van der Waals surface area contributed by atoms with E-state index in [0.717, 1.165) is 18.7 Å². The second-order valence-electron chi connectivity index (χ2n) is 5.69. The van der Waals surface area contributed by atoms with E-state index in [0.29, 0.717) is 28.0 Å². The number of esters is 1. The summed E-state index contributed by atoms with van der Waals surface area (Å²) in [7, 11) is 1.31. The molecule has 1 aliphatic carbocycles. The molecule has 0 N–H and O–H groups in total. The summed E-state index contributed by atoms with van der Waals surface area (Å²) in [6.07, 6.45) is 2.21. The third kappa shape index (κ3) is 3.29. The van der Waals surface area contributed by atoms with Crippen molar-refractivity contribution in [3.05, 3.63) is 40.7 Å². The molecule has 24 heavy (non-hydrogen) atoms. The number of thioether (sulfide) groups is 1. The van der Waals surface area contributed by atoms with Gasteiger partial charge in [0.1, 0.15) is 28.2 Å². The van der Waals surface area contributed by atoms with Crippen LogP contribution in [0, 0.1) is 18.3 Å². The molecular formula is C17H17N3O3S. The fourth-order valence-electron chi connectivity index (χ4n) is 2.31. The molecule has 7 heteroatoms. The quantitative estimate of drug-likeness (QED) is 0.464. The van der Waals surface area contributed by atoms with E-state index in [1.807, 2.05) is 13.8 Å². The first-order chi connectivity index (χ1) is 11.5. The Labute approximate surface area is 144 Å². The van der Waals surface area contributed by atoms with Crippen LogP contribution in [0.3, 0.4) is 0 Å². The van der Waals surface area contributed by atoms with Crippen molar-refractivity contribution >= 4 is 17.7 Å².